The van der Waals surface area contributed by atoms with Gasteiger partial charge < -0.3 is 9.84 Å². The molecule has 1 aromatic heterocycles. The Morgan fingerprint density at radius 3 is 2.56 bits per heavy atom. The molecule has 0 amide bonds. The van der Waals surface area contributed by atoms with Gasteiger partial charge in [0.1, 0.15) is 12.4 Å². The fraction of sp³-hybridized carbons (Fsp3) is 0.364. The zero-order chi connectivity index (χ0) is 19.4. The fourth-order valence-electron chi connectivity index (χ4n) is 3.21. The Morgan fingerprint density at radius 1 is 1.15 bits per heavy atom. The summed E-state index contributed by atoms with van der Waals surface area (Å²) in [6.45, 7) is 7.64. The van der Waals surface area contributed by atoms with Crippen molar-refractivity contribution in [1.29, 1.82) is 0 Å². The number of carboxylic acids is 1. The molecule has 3 rings (SSSR count). The standard InChI is InChI=1S/C22H26N2O3/c1-15(2)13-24-21-6-4-5-18(20(21)12-23-24)14-27-19-9-7-17(8-10-19)16(3)11-22(25)26/h4-10,12,15-16H,11,13-14H2,1-3H3,(H,25,26). The van der Waals surface area contributed by atoms with E-state index in [1.54, 1.807) is 0 Å². The molecule has 27 heavy (non-hydrogen) atoms. The summed E-state index contributed by atoms with van der Waals surface area (Å²) >= 11 is 0. The van der Waals surface area contributed by atoms with Crippen LogP contribution >= 0.6 is 0 Å². The van der Waals surface area contributed by atoms with Crippen molar-refractivity contribution in [1.82, 2.24) is 9.78 Å². The third-order valence-corrected chi connectivity index (χ3v) is 4.64. The van der Waals surface area contributed by atoms with Crippen LogP contribution in [0.2, 0.25) is 0 Å². The summed E-state index contributed by atoms with van der Waals surface area (Å²) in [5.41, 5.74) is 3.23. The van der Waals surface area contributed by atoms with Gasteiger partial charge in [0.05, 0.1) is 18.1 Å². The van der Waals surface area contributed by atoms with Gasteiger partial charge in [0.2, 0.25) is 0 Å². The van der Waals surface area contributed by atoms with Crippen molar-refractivity contribution in [2.75, 3.05) is 0 Å². The third kappa shape index (κ3) is 4.67. The number of nitrogens with zero attached hydrogens (tertiary/aromatic N) is 2. The molecule has 0 aliphatic rings. The van der Waals surface area contributed by atoms with Gasteiger partial charge in [-0.1, -0.05) is 45.0 Å². The Kier molecular flexibility index (Phi) is 5.79. The van der Waals surface area contributed by atoms with E-state index >= 15 is 0 Å². The van der Waals surface area contributed by atoms with E-state index in [0.29, 0.717) is 12.5 Å². The number of rotatable bonds is 8. The minimum Gasteiger partial charge on any atom is -0.489 e. The number of aromatic nitrogens is 2. The maximum Gasteiger partial charge on any atom is 0.303 e. The summed E-state index contributed by atoms with van der Waals surface area (Å²) in [7, 11) is 0. The molecule has 0 saturated carbocycles. The van der Waals surface area contributed by atoms with Gasteiger partial charge in [0.15, 0.2) is 0 Å². The second kappa shape index (κ2) is 8.25. The summed E-state index contributed by atoms with van der Waals surface area (Å²) < 4.78 is 8.00. The van der Waals surface area contributed by atoms with Crippen molar-refractivity contribution in [3.05, 3.63) is 59.8 Å². The lowest BCUT2D eigenvalue weighted by atomic mass is 9.98. The van der Waals surface area contributed by atoms with E-state index in [1.165, 1.54) is 0 Å². The molecule has 3 aromatic rings. The van der Waals surface area contributed by atoms with Gasteiger partial charge in [-0.15, -0.1) is 0 Å². The van der Waals surface area contributed by atoms with Gasteiger partial charge in [-0.2, -0.15) is 5.10 Å². The first-order chi connectivity index (χ1) is 12.9. The van der Waals surface area contributed by atoms with Crippen LogP contribution in [0.4, 0.5) is 0 Å². The Balaban J connectivity index is 1.70. The molecule has 0 fully saturated rings. The van der Waals surface area contributed by atoms with Crippen LogP contribution in [0, 0.1) is 5.92 Å². The first kappa shape index (κ1) is 19.0. The van der Waals surface area contributed by atoms with Crippen LogP contribution in [-0.4, -0.2) is 20.9 Å². The first-order valence-corrected chi connectivity index (χ1v) is 9.32. The van der Waals surface area contributed by atoms with Gasteiger partial charge in [0, 0.05) is 17.5 Å². The highest BCUT2D eigenvalue weighted by Crippen LogP contribution is 2.24. The second-order valence-electron chi connectivity index (χ2n) is 7.43. The second-order valence-corrected chi connectivity index (χ2v) is 7.43. The van der Waals surface area contributed by atoms with Crippen LogP contribution in [0.15, 0.2) is 48.7 Å². The number of hydrogen-bond donors (Lipinski definition) is 1. The molecule has 5 heteroatoms. The van der Waals surface area contributed by atoms with Crippen LogP contribution in [-0.2, 0) is 17.9 Å². The van der Waals surface area contributed by atoms with E-state index in [1.807, 2.05) is 48.1 Å². The molecule has 1 heterocycles. The molecular weight excluding hydrogens is 340 g/mol. The summed E-state index contributed by atoms with van der Waals surface area (Å²) in [6.07, 6.45) is 2.04. The molecule has 0 saturated heterocycles. The van der Waals surface area contributed by atoms with Crippen molar-refractivity contribution < 1.29 is 14.6 Å². The summed E-state index contributed by atoms with van der Waals surface area (Å²) in [4.78, 5) is 10.8. The maximum atomic E-state index is 10.8. The van der Waals surface area contributed by atoms with Crippen molar-refractivity contribution in [2.45, 2.75) is 46.3 Å². The molecule has 0 spiro atoms. The molecule has 142 valence electrons. The first-order valence-electron chi connectivity index (χ1n) is 9.32. The molecule has 0 aliphatic heterocycles. The van der Waals surface area contributed by atoms with E-state index < -0.39 is 5.97 Å². The molecule has 5 nitrogen and oxygen atoms in total. The minimum atomic E-state index is -0.783. The monoisotopic (exact) mass is 366 g/mol. The molecular formula is C22H26N2O3. The highest BCUT2D eigenvalue weighted by molar-refractivity contribution is 5.82. The molecule has 2 aromatic carbocycles. The van der Waals surface area contributed by atoms with Gasteiger partial charge in [-0.05, 0) is 35.6 Å². The van der Waals surface area contributed by atoms with Gasteiger partial charge in [-0.25, -0.2) is 0 Å². The lowest BCUT2D eigenvalue weighted by molar-refractivity contribution is -0.137. The third-order valence-electron chi connectivity index (χ3n) is 4.64. The maximum absolute atomic E-state index is 10.8. The van der Waals surface area contributed by atoms with E-state index in [0.717, 1.165) is 34.3 Å². The van der Waals surface area contributed by atoms with E-state index in [2.05, 4.69) is 31.1 Å². The number of aliphatic carboxylic acids is 1. The van der Waals surface area contributed by atoms with E-state index in [4.69, 9.17) is 9.84 Å². The van der Waals surface area contributed by atoms with Crippen LogP contribution < -0.4 is 4.74 Å². The largest absolute Gasteiger partial charge is 0.489 e. The minimum absolute atomic E-state index is 0.0166. The molecule has 0 bridgehead atoms. The highest BCUT2D eigenvalue weighted by atomic mass is 16.5. The van der Waals surface area contributed by atoms with Crippen LogP contribution in [0.5, 0.6) is 5.75 Å². The van der Waals surface area contributed by atoms with Gasteiger partial charge in [0.25, 0.3) is 0 Å². The molecule has 1 atom stereocenters. The topological polar surface area (TPSA) is 64.4 Å². The van der Waals surface area contributed by atoms with Crippen molar-refractivity contribution in [3.63, 3.8) is 0 Å². The number of ether oxygens (including phenoxy) is 1. The van der Waals surface area contributed by atoms with Gasteiger partial charge >= 0.3 is 5.97 Å². The highest BCUT2D eigenvalue weighted by Gasteiger charge is 2.11. The smallest absolute Gasteiger partial charge is 0.303 e. The quantitative estimate of drug-likeness (QED) is 0.619. The van der Waals surface area contributed by atoms with E-state index in [9.17, 15) is 4.79 Å². The summed E-state index contributed by atoms with van der Waals surface area (Å²) in [5.74, 6) is 0.508. The number of hydrogen-bond acceptors (Lipinski definition) is 3. The Bertz CT molecular complexity index is 913. The van der Waals surface area contributed by atoms with Crippen molar-refractivity contribution in [2.24, 2.45) is 5.92 Å². The molecule has 0 aliphatic carbocycles. The Labute approximate surface area is 159 Å². The van der Waals surface area contributed by atoms with E-state index in [-0.39, 0.29) is 12.3 Å². The van der Waals surface area contributed by atoms with Crippen molar-refractivity contribution in [3.8, 4) is 5.75 Å². The zero-order valence-electron chi connectivity index (χ0n) is 16.1. The molecule has 0 radical (unpaired) electrons. The molecule has 1 N–H and O–H groups in total. The SMILES string of the molecule is CC(C)Cn1ncc2c(COc3ccc(C(C)CC(=O)O)cc3)cccc21. The number of carbonyl (C=O) groups is 1. The molecule has 1 unspecified atom stereocenters. The Hall–Kier alpha value is -2.82. The predicted molar refractivity (Wildman–Crippen MR) is 106 cm³/mol. The lowest BCUT2D eigenvalue weighted by Gasteiger charge is -2.11. The normalized spacial score (nSPS) is 12.4. The van der Waals surface area contributed by atoms with Crippen LogP contribution in [0.1, 0.15) is 44.2 Å². The average molecular weight is 366 g/mol. The number of carboxylic acid groups (broad SMARTS) is 1. The lowest BCUT2D eigenvalue weighted by Crippen LogP contribution is -2.05. The van der Waals surface area contributed by atoms with Gasteiger partial charge in [-0.3, -0.25) is 9.48 Å². The zero-order valence-corrected chi connectivity index (χ0v) is 16.1. The Morgan fingerprint density at radius 2 is 1.89 bits per heavy atom. The average Bonchev–Trinajstić information content (AvgIpc) is 3.03. The fourth-order valence-corrected chi connectivity index (χ4v) is 3.21. The summed E-state index contributed by atoms with van der Waals surface area (Å²) in [5, 5.41) is 14.5. The number of fused-ring (bicyclic) bond motifs is 1. The van der Waals surface area contributed by atoms with Crippen molar-refractivity contribution >= 4 is 16.9 Å². The predicted octanol–water partition coefficient (Wildman–Crippen LogP) is 4.85. The summed E-state index contributed by atoms with van der Waals surface area (Å²) in [6, 6.07) is 13.9. The number of benzene rings is 2. The van der Waals surface area contributed by atoms with Crippen LogP contribution in [0.25, 0.3) is 10.9 Å². The van der Waals surface area contributed by atoms with Crippen LogP contribution in [0.3, 0.4) is 0 Å².